The first-order valence-electron chi connectivity index (χ1n) is 3.14. The van der Waals surface area contributed by atoms with Gasteiger partial charge in [0.1, 0.15) is 0 Å². The van der Waals surface area contributed by atoms with Crippen LogP contribution in [-0.2, 0) is 0 Å². The van der Waals surface area contributed by atoms with Gasteiger partial charge in [0, 0.05) is 11.8 Å². The maximum absolute atomic E-state index is 5.64. The summed E-state index contributed by atoms with van der Waals surface area (Å²) in [6, 6.07) is 0.417. The third-order valence-corrected chi connectivity index (χ3v) is 2.13. The fraction of sp³-hybridized carbons (Fsp3) is 1.00. The van der Waals surface area contributed by atoms with Gasteiger partial charge in [0.05, 0.1) is 0 Å². The highest BCUT2D eigenvalue weighted by atomic mass is 32.2. The van der Waals surface area contributed by atoms with Crippen LogP contribution in [-0.4, -0.2) is 17.5 Å². The Kier molecular flexibility index (Phi) is 5.66. The molecule has 0 aromatic heterocycles. The molecular weight excluding hydrogens is 118 g/mol. The Hall–Kier alpha value is 0.310. The van der Waals surface area contributed by atoms with E-state index in [0.717, 1.165) is 12.2 Å². The van der Waals surface area contributed by atoms with Crippen LogP contribution in [0.15, 0.2) is 0 Å². The zero-order valence-corrected chi connectivity index (χ0v) is 6.50. The van der Waals surface area contributed by atoms with Crippen molar-refractivity contribution < 1.29 is 0 Å². The molecule has 0 amide bonds. The van der Waals surface area contributed by atoms with Gasteiger partial charge >= 0.3 is 0 Å². The predicted molar refractivity (Wildman–Crippen MR) is 41.3 cm³/mol. The van der Waals surface area contributed by atoms with Crippen molar-refractivity contribution in [3.63, 3.8) is 0 Å². The zero-order valence-electron chi connectivity index (χ0n) is 5.68. The van der Waals surface area contributed by atoms with E-state index in [4.69, 9.17) is 5.73 Å². The Bertz CT molecular complexity index is 47.8. The van der Waals surface area contributed by atoms with E-state index in [-0.39, 0.29) is 0 Å². The maximum atomic E-state index is 5.64. The molecule has 0 fully saturated rings. The molecule has 0 aromatic carbocycles. The Morgan fingerprint density at radius 3 is 2.50 bits per heavy atom. The average molecular weight is 133 g/mol. The first-order valence-corrected chi connectivity index (χ1v) is 4.30. The molecule has 2 N–H and O–H groups in total. The van der Waals surface area contributed by atoms with Gasteiger partial charge in [-0.1, -0.05) is 13.8 Å². The summed E-state index contributed by atoms with van der Waals surface area (Å²) < 4.78 is 0. The number of hydrogen-bond acceptors (Lipinski definition) is 2. The number of thioether (sulfide) groups is 1. The van der Waals surface area contributed by atoms with E-state index in [2.05, 4.69) is 13.8 Å². The predicted octanol–water partition coefficient (Wildman–Crippen LogP) is 1.48. The molecule has 0 aliphatic rings. The molecule has 0 aliphatic heterocycles. The van der Waals surface area contributed by atoms with Crippen LogP contribution in [0.2, 0.25) is 0 Å². The molecule has 1 nitrogen and oxygen atoms in total. The average Bonchev–Trinajstić information content (AvgIpc) is 1.83. The van der Waals surface area contributed by atoms with E-state index < -0.39 is 0 Å². The largest absolute Gasteiger partial charge is 0.327 e. The van der Waals surface area contributed by atoms with Gasteiger partial charge in [-0.05, 0) is 12.2 Å². The molecular formula is C6H15NS. The quantitative estimate of drug-likeness (QED) is 0.628. The fourth-order valence-electron chi connectivity index (χ4n) is 0.387. The smallest absolute Gasteiger partial charge is 0.0127 e. The Balaban J connectivity index is 2.86. The molecule has 0 saturated heterocycles. The van der Waals surface area contributed by atoms with E-state index in [1.54, 1.807) is 0 Å². The second-order valence-electron chi connectivity index (χ2n) is 1.83. The summed E-state index contributed by atoms with van der Waals surface area (Å²) in [5, 5.41) is 0. The molecule has 0 aromatic rings. The van der Waals surface area contributed by atoms with Crippen molar-refractivity contribution in [2.45, 2.75) is 26.3 Å². The molecule has 0 spiro atoms. The van der Waals surface area contributed by atoms with Crippen molar-refractivity contribution in [2.24, 2.45) is 5.73 Å². The Morgan fingerprint density at radius 2 is 2.12 bits per heavy atom. The lowest BCUT2D eigenvalue weighted by Gasteiger charge is -2.04. The van der Waals surface area contributed by atoms with Crippen molar-refractivity contribution in [3.8, 4) is 0 Å². The minimum absolute atomic E-state index is 0.417. The van der Waals surface area contributed by atoms with E-state index >= 15 is 0 Å². The van der Waals surface area contributed by atoms with Crippen LogP contribution in [0, 0.1) is 0 Å². The van der Waals surface area contributed by atoms with E-state index in [1.807, 2.05) is 11.8 Å². The van der Waals surface area contributed by atoms with Crippen LogP contribution in [0.1, 0.15) is 20.3 Å². The number of nitrogens with two attached hydrogens (primary N) is 1. The van der Waals surface area contributed by atoms with Crippen LogP contribution >= 0.6 is 11.8 Å². The molecule has 0 aliphatic carbocycles. The third-order valence-electron chi connectivity index (χ3n) is 1.06. The van der Waals surface area contributed by atoms with Gasteiger partial charge in [0.15, 0.2) is 0 Å². The fourth-order valence-corrected chi connectivity index (χ4v) is 1.16. The van der Waals surface area contributed by atoms with Gasteiger partial charge in [0.25, 0.3) is 0 Å². The molecule has 2 heteroatoms. The molecule has 50 valence electrons. The monoisotopic (exact) mass is 133 g/mol. The van der Waals surface area contributed by atoms with Crippen molar-refractivity contribution in [1.82, 2.24) is 0 Å². The zero-order chi connectivity index (χ0) is 6.41. The van der Waals surface area contributed by atoms with Gasteiger partial charge in [-0.3, -0.25) is 0 Å². The van der Waals surface area contributed by atoms with Crippen LogP contribution in [0.25, 0.3) is 0 Å². The molecule has 0 rings (SSSR count). The highest BCUT2D eigenvalue weighted by Gasteiger charge is 1.95. The van der Waals surface area contributed by atoms with Crippen molar-refractivity contribution >= 4 is 11.8 Å². The summed E-state index contributed by atoms with van der Waals surface area (Å²) in [5.41, 5.74) is 5.64. The van der Waals surface area contributed by atoms with Gasteiger partial charge < -0.3 is 5.73 Å². The summed E-state index contributed by atoms with van der Waals surface area (Å²) in [6.45, 7) is 4.29. The first kappa shape index (κ1) is 8.31. The van der Waals surface area contributed by atoms with Crippen molar-refractivity contribution in [3.05, 3.63) is 0 Å². The van der Waals surface area contributed by atoms with Crippen LogP contribution in [0.4, 0.5) is 0 Å². The second kappa shape index (κ2) is 5.45. The molecule has 0 radical (unpaired) electrons. The minimum Gasteiger partial charge on any atom is -0.327 e. The number of hydrogen-bond donors (Lipinski definition) is 1. The lowest BCUT2D eigenvalue weighted by atomic mass is 10.3. The Morgan fingerprint density at radius 1 is 1.50 bits per heavy atom. The Labute approximate surface area is 56.0 Å². The highest BCUT2D eigenvalue weighted by molar-refractivity contribution is 7.99. The van der Waals surface area contributed by atoms with Gasteiger partial charge in [-0.2, -0.15) is 11.8 Å². The standard InChI is InChI=1S/C6H15NS/c1-3-6(7)5-8-4-2/h6H,3-5,7H2,1-2H3/t6-/m0/s1. The topological polar surface area (TPSA) is 26.0 Å². The molecule has 1 atom stereocenters. The third kappa shape index (κ3) is 4.47. The van der Waals surface area contributed by atoms with Crippen molar-refractivity contribution in [2.75, 3.05) is 11.5 Å². The van der Waals surface area contributed by atoms with Gasteiger partial charge in [0.2, 0.25) is 0 Å². The maximum Gasteiger partial charge on any atom is 0.0127 e. The summed E-state index contributed by atoms with van der Waals surface area (Å²) in [5.74, 6) is 2.31. The molecule has 0 bridgehead atoms. The van der Waals surface area contributed by atoms with Gasteiger partial charge in [-0.15, -0.1) is 0 Å². The van der Waals surface area contributed by atoms with E-state index in [9.17, 15) is 0 Å². The second-order valence-corrected chi connectivity index (χ2v) is 3.15. The minimum atomic E-state index is 0.417. The van der Waals surface area contributed by atoms with Crippen LogP contribution in [0.5, 0.6) is 0 Å². The summed E-state index contributed by atoms with van der Waals surface area (Å²) >= 11 is 1.92. The molecule has 0 unspecified atom stereocenters. The first-order chi connectivity index (χ1) is 3.81. The molecule has 0 saturated carbocycles. The number of rotatable bonds is 4. The lowest BCUT2D eigenvalue weighted by Crippen LogP contribution is -2.21. The normalized spacial score (nSPS) is 13.9. The SMILES string of the molecule is CCSC[C@@H](N)CC. The highest BCUT2D eigenvalue weighted by Crippen LogP contribution is 2.01. The van der Waals surface area contributed by atoms with Gasteiger partial charge in [-0.25, -0.2) is 0 Å². The molecule has 8 heavy (non-hydrogen) atoms. The van der Waals surface area contributed by atoms with Crippen LogP contribution < -0.4 is 5.73 Å². The summed E-state index contributed by atoms with van der Waals surface area (Å²) in [7, 11) is 0. The molecule has 0 heterocycles. The lowest BCUT2D eigenvalue weighted by molar-refractivity contribution is 0.725. The van der Waals surface area contributed by atoms with Crippen molar-refractivity contribution in [1.29, 1.82) is 0 Å². The van der Waals surface area contributed by atoms with E-state index in [0.29, 0.717) is 6.04 Å². The van der Waals surface area contributed by atoms with Crippen LogP contribution in [0.3, 0.4) is 0 Å². The summed E-state index contributed by atoms with van der Waals surface area (Å²) in [4.78, 5) is 0. The van der Waals surface area contributed by atoms with E-state index in [1.165, 1.54) is 5.75 Å². The summed E-state index contributed by atoms with van der Waals surface area (Å²) in [6.07, 6.45) is 1.10.